The Hall–Kier alpha value is -0.380. The Labute approximate surface area is 118 Å². The molecule has 3 N–H and O–H groups in total. The van der Waals surface area contributed by atoms with Gasteiger partial charge in [0.05, 0.1) is 0 Å². The first-order chi connectivity index (χ1) is 8.54. The van der Waals surface area contributed by atoms with Crippen LogP contribution in [-0.2, 0) is 6.42 Å². The third-order valence-corrected chi connectivity index (χ3v) is 5.21. The molecule has 1 saturated carbocycles. The molecule has 0 bridgehead atoms. The summed E-state index contributed by atoms with van der Waals surface area (Å²) < 4.78 is 1.18. The van der Waals surface area contributed by atoms with Crippen LogP contribution in [0.2, 0.25) is 0 Å². The van der Waals surface area contributed by atoms with Gasteiger partial charge in [0.1, 0.15) is 0 Å². The highest BCUT2D eigenvalue weighted by Crippen LogP contribution is 2.45. The molecule has 2 atom stereocenters. The summed E-state index contributed by atoms with van der Waals surface area (Å²) in [5.74, 6) is 6.47. The molecule has 0 radical (unpaired) electrons. The Morgan fingerprint density at radius 1 is 1.44 bits per heavy atom. The highest BCUT2D eigenvalue weighted by Gasteiger charge is 2.39. The normalized spacial score (nSPS) is 24.1. The van der Waals surface area contributed by atoms with Crippen molar-refractivity contribution in [2.24, 2.45) is 17.2 Å². The lowest BCUT2D eigenvalue weighted by Gasteiger charge is -2.34. The van der Waals surface area contributed by atoms with Gasteiger partial charge in [-0.2, -0.15) is 0 Å². The topological polar surface area (TPSA) is 38.0 Å². The molecule has 1 aromatic carbocycles. The van der Waals surface area contributed by atoms with Crippen LogP contribution in [0, 0.1) is 11.3 Å². The van der Waals surface area contributed by atoms with Crippen LogP contribution in [0.3, 0.4) is 0 Å². The minimum absolute atomic E-state index is 0.362. The molecular weight excluding hydrogens is 288 g/mol. The summed E-state index contributed by atoms with van der Waals surface area (Å²) in [4.78, 5) is 0. The van der Waals surface area contributed by atoms with Gasteiger partial charge in [-0.25, -0.2) is 0 Å². The van der Waals surface area contributed by atoms with Gasteiger partial charge < -0.3 is 0 Å². The molecule has 1 aromatic rings. The van der Waals surface area contributed by atoms with E-state index in [9.17, 15) is 0 Å². The molecule has 0 aromatic heterocycles. The quantitative estimate of drug-likeness (QED) is 0.658. The second-order valence-electron chi connectivity index (χ2n) is 6.06. The molecule has 2 unspecified atom stereocenters. The summed E-state index contributed by atoms with van der Waals surface area (Å²) in [5.41, 5.74) is 4.79. The van der Waals surface area contributed by atoms with Crippen LogP contribution < -0.4 is 11.3 Å². The van der Waals surface area contributed by atoms with Crippen LogP contribution in [-0.4, -0.2) is 6.04 Å². The summed E-state index contributed by atoms with van der Waals surface area (Å²) in [6.45, 7) is 4.74. The molecule has 100 valence electrons. The lowest BCUT2D eigenvalue weighted by molar-refractivity contribution is 0.196. The average Bonchev–Trinajstić information content (AvgIpc) is 2.68. The molecule has 1 fully saturated rings. The predicted molar refractivity (Wildman–Crippen MR) is 80.1 cm³/mol. The molecule has 0 heterocycles. The van der Waals surface area contributed by atoms with Crippen LogP contribution in [0.15, 0.2) is 28.7 Å². The molecule has 18 heavy (non-hydrogen) atoms. The van der Waals surface area contributed by atoms with Crippen molar-refractivity contribution in [2.45, 2.75) is 45.6 Å². The number of benzene rings is 1. The van der Waals surface area contributed by atoms with Crippen LogP contribution in [0.25, 0.3) is 0 Å². The van der Waals surface area contributed by atoms with Gasteiger partial charge in [-0.3, -0.25) is 11.3 Å². The summed E-state index contributed by atoms with van der Waals surface area (Å²) >= 11 is 3.62. The molecular formula is C15H23BrN2. The highest BCUT2D eigenvalue weighted by atomic mass is 79.9. The SMILES string of the molecule is CC1(C)CCCC1C(Cc1ccccc1Br)NN. The zero-order chi connectivity index (χ0) is 13.2. The van der Waals surface area contributed by atoms with Crippen LogP contribution >= 0.6 is 15.9 Å². The number of hydrogen-bond donors (Lipinski definition) is 2. The van der Waals surface area contributed by atoms with Gasteiger partial charge in [0.2, 0.25) is 0 Å². The fraction of sp³-hybridized carbons (Fsp3) is 0.600. The molecule has 2 nitrogen and oxygen atoms in total. The van der Waals surface area contributed by atoms with Gasteiger partial charge in [-0.15, -0.1) is 0 Å². The second kappa shape index (κ2) is 5.72. The first kappa shape index (κ1) is 14.0. The van der Waals surface area contributed by atoms with E-state index in [0.29, 0.717) is 17.4 Å². The zero-order valence-electron chi connectivity index (χ0n) is 11.2. The molecule has 1 aliphatic rings. The number of hydrazine groups is 1. The van der Waals surface area contributed by atoms with Crippen molar-refractivity contribution < 1.29 is 0 Å². The number of rotatable bonds is 4. The predicted octanol–water partition coefficient (Wildman–Crippen LogP) is 3.65. The van der Waals surface area contributed by atoms with Crippen LogP contribution in [0.5, 0.6) is 0 Å². The highest BCUT2D eigenvalue weighted by molar-refractivity contribution is 9.10. The Balaban J connectivity index is 2.13. The average molecular weight is 311 g/mol. The van der Waals surface area contributed by atoms with E-state index < -0.39 is 0 Å². The molecule has 0 aliphatic heterocycles. The van der Waals surface area contributed by atoms with Crippen molar-refractivity contribution in [1.29, 1.82) is 0 Å². The van der Waals surface area contributed by atoms with E-state index in [1.807, 2.05) is 0 Å². The number of nitrogens with two attached hydrogens (primary N) is 1. The van der Waals surface area contributed by atoms with Crippen molar-refractivity contribution in [2.75, 3.05) is 0 Å². The van der Waals surface area contributed by atoms with Gasteiger partial charge in [0, 0.05) is 10.5 Å². The van der Waals surface area contributed by atoms with Crippen LogP contribution in [0.4, 0.5) is 0 Å². The van der Waals surface area contributed by atoms with E-state index in [4.69, 9.17) is 5.84 Å². The maximum absolute atomic E-state index is 5.81. The van der Waals surface area contributed by atoms with Gasteiger partial charge >= 0.3 is 0 Å². The summed E-state index contributed by atoms with van der Waals surface area (Å²) in [7, 11) is 0. The standard InChI is InChI=1S/C15H23BrN2/c1-15(2)9-5-7-12(15)14(18-17)10-11-6-3-4-8-13(11)16/h3-4,6,8,12,14,18H,5,7,9-10,17H2,1-2H3. The third kappa shape index (κ3) is 2.95. The van der Waals surface area contributed by atoms with E-state index in [0.717, 1.165) is 6.42 Å². The van der Waals surface area contributed by atoms with Gasteiger partial charge in [0.25, 0.3) is 0 Å². The van der Waals surface area contributed by atoms with E-state index in [-0.39, 0.29) is 0 Å². The first-order valence-electron chi connectivity index (χ1n) is 6.74. The van der Waals surface area contributed by atoms with Crippen molar-refractivity contribution >= 4 is 15.9 Å². The largest absolute Gasteiger partial charge is 0.271 e. The Morgan fingerprint density at radius 3 is 2.72 bits per heavy atom. The third-order valence-electron chi connectivity index (χ3n) is 4.44. The summed E-state index contributed by atoms with van der Waals surface area (Å²) in [5, 5.41) is 0. The van der Waals surface area contributed by atoms with Crippen molar-refractivity contribution in [3.05, 3.63) is 34.3 Å². The maximum Gasteiger partial charge on any atom is 0.0284 e. The first-order valence-corrected chi connectivity index (χ1v) is 7.53. The molecule has 1 aliphatic carbocycles. The van der Waals surface area contributed by atoms with E-state index in [1.54, 1.807) is 0 Å². The summed E-state index contributed by atoms with van der Waals surface area (Å²) in [6.07, 6.45) is 4.91. The lowest BCUT2D eigenvalue weighted by Crippen LogP contribution is -2.45. The van der Waals surface area contributed by atoms with Crippen molar-refractivity contribution in [1.82, 2.24) is 5.43 Å². The van der Waals surface area contributed by atoms with E-state index >= 15 is 0 Å². The zero-order valence-corrected chi connectivity index (χ0v) is 12.8. The van der Waals surface area contributed by atoms with Crippen molar-refractivity contribution in [3.63, 3.8) is 0 Å². The van der Waals surface area contributed by atoms with E-state index in [2.05, 4.69) is 59.5 Å². The molecule has 0 saturated heterocycles. The Bertz CT molecular complexity index is 403. The number of hydrogen-bond acceptors (Lipinski definition) is 2. The minimum Gasteiger partial charge on any atom is -0.271 e. The second-order valence-corrected chi connectivity index (χ2v) is 6.91. The van der Waals surface area contributed by atoms with Crippen LogP contribution in [0.1, 0.15) is 38.7 Å². The fourth-order valence-corrected chi connectivity index (χ4v) is 3.76. The van der Waals surface area contributed by atoms with E-state index in [1.165, 1.54) is 29.3 Å². The van der Waals surface area contributed by atoms with Gasteiger partial charge in [0.15, 0.2) is 0 Å². The van der Waals surface area contributed by atoms with Gasteiger partial charge in [-0.1, -0.05) is 54.4 Å². The maximum atomic E-state index is 5.81. The van der Waals surface area contributed by atoms with Gasteiger partial charge in [-0.05, 0) is 42.2 Å². The number of halogens is 1. The molecule has 3 heteroatoms. The molecule has 2 rings (SSSR count). The molecule has 0 spiro atoms. The van der Waals surface area contributed by atoms with Crippen molar-refractivity contribution in [3.8, 4) is 0 Å². The summed E-state index contributed by atoms with van der Waals surface area (Å²) in [6, 6.07) is 8.78. The Morgan fingerprint density at radius 2 is 2.17 bits per heavy atom. The number of nitrogens with one attached hydrogen (secondary N) is 1. The minimum atomic E-state index is 0.362. The Kier molecular flexibility index (Phi) is 4.46. The smallest absolute Gasteiger partial charge is 0.0284 e. The molecule has 0 amide bonds. The fourth-order valence-electron chi connectivity index (χ4n) is 3.32. The lowest BCUT2D eigenvalue weighted by atomic mass is 9.76. The monoisotopic (exact) mass is 310 g/mol.